The lowest BCUT2D eigenvalue weighted by atomic mass is 10.0. The van der Waals surface area contributed by atoms with E-state index in [9.17, 15) is 26.7 Å². The molecule has 1 aromatic heterocycles. The Morgan fingerprint density at radius 2 is 1.72 bits per heavy atom. The van der Waals surface area contributed by atoms with Gasteiger partial charge in [-0.25, -0.2) is 8.78 Å². The summed E-state index contributed by atoms with van der Waals surface area (Å²) in [6, 6.07) is 10.6. The number of rotatable bonds is 3. The molecule has 1 heterocycles. The second kappa shape index (κ2) is 6.58. The number of benzene rings is 3. The zero-order valence-corrected chi connectivity index (χ0v) is 14.7. The number of carbonyl (C=O) groups is 1. The van der Waals surface area contributed by atoms with Crippen molar-refractivity contribution in [1.82, 2.24) is 4.57 Å². The molecule has 0 aliphatic carbocycles. The highest BCUT2D eigenvalue weighted by atomic mass is 19.4. The van der Waals surface area contributed by atoms with Crippen LogP contribution in [0.5, 0.6) is 0 Å². The third kappa shape index (κ3) is 3.20. The highest BCUT2D eigenvalue weighted by molar-refractivity contribution is 6.18. The van der Waals surface area contributed by atoms with Crippen molar-refractivity contribution in [3.8, 4) is 0 Å². The van der Waals surface area contributed by atoms with Crippen molar-refractivity contribution in [2.75, 3.05) is 0 Å². The second-order valence-electron chi connectivity index (χ2n) is 6.62. The van der Waals surface area contributed by atoms with Crippen molar-refractivity contribution in [3.63, 3.8) is 0 Å². The van der Waals surface area contributed by atoms with Gasteiger partial charge in [0.05, 0.1) is 23.1 Å². The van der Waals surface area contributed by atoms with Crippen LogP contribution in [0.15, 0.2) is 54.6 Å². The molecule has 0 spiro atoms. The Bertz CT molecular complexity index is 1270. The second-order valence-corrected chi connectivity index (χ2v) is 6.62. The van der Waals surface area contributed by atoms with Gasteiger partial charge in [0.25, 0.3) is 0 Å². The summed E-state index contributed by atoms with van der Waals surface area (Å²) in [6.45, 7) is -0.229. The molecule has 8 heteroatoms. The predicted octanol–water partition coefficient (Wildman–Crippen LogP) is 5.24. The molecule has 29 heavy (non-hydrogen) atoms. The SMILES string of the molecule is NC(=O)c1cccc2c1c1ccc(C(F)(F)F)cc1n2Cc1cc(F)ccc1F. The van der Waals surface area contributed by atoms with Crippen LogP contribution in [-0.2, 0) is 12.7 Å². The molecule has 4 rings (SSSR count). The molecule has 3 nitrogen and oxygen atoms in total. The van der Waals surface area contributed by atoms with Gasteiger partial charge in [-0.1, -0.05) is 12.1 Å². The normalized spacial score (nSPS) is 12.0. The molecule has 4 aromatic rings. The van der Waals surface area contributed by atoms with E-state index in [1.165, 1.54) is 22.8 Å². The van der Waals surface area contributed by atoms with Crippen molar-refractivity contribution in [2.45, 2.75) is 12.7 Å². The van der Waals surface area contributed by atoms with Crippen LogP contribution in [0, 0.1) is 11.6 Å². The molecule has 0 unspecified atom stereocenters. The molecule has 2 N–H and O–H groups in total. The third-order valence-electron chi connectivity index (χ3n) is 4.82. The smallest absolute Gasteiger partial charge is 0.366 e. The van der Waals surface area contributed by atoms with Crippen LogP contribution in [0.3, 0.4) is 0 Å². The summed E-state index contributed by atoms with van der Waals surface area (Å²) in [5, 5.41) is 0.722. The van der Waals surface area contributed by atoms with Gasteiger partial charge in [-0.2, -0.15) is 13.2 Å². The van der Waals surface area contributed by atoms with Gasteiger partial charge in [0.2, 0.25) is 5.91 Å². The molecule has 0 saturated heterocycles. The standard InChI is InChI=1S/C21H13F5N2O/c22-13-5-7-16(23)11(8-13)10-28-17-3-1-2-15(20(27)29)19(17)14-6-4-12(9-18(14)28)21(24,25)26/h1-9H,10H2,(H2,27,29). The monoisotopic (exact) mass is 404 g/mol. The van der Waals surface area contributed by atoms with E-state index < -0.39 is 29.3 Å². The molecule has 1 amide bonds. The molecule has 0 aliphatic rings. The first-order valence-corrected chi connectivity index (χ1v) is 8.52. The van der Waals surface area contributed by atoms with E-state index in [1.54, 1.807) is 6.07 Å². The van der Waals surface area contributed by atoms with E-state index in [0.717, 1.165) is 30.3 Å². The molecular weight excluding hydrogens is 391 g/mol. The number of amides is 1. The lowest BCUT2D eigenvalue weighted by molar-refractivity contribution is -0.137. The van der Waals surface area contributed by atoms with Crippen LogP contribution in [0.2, 0.25) is 0 Å². The van der Waals surface area contributed by atoms with E-state index in [0.29, 0.717) is 16.3 Å². The van der Waals surface area contributed by atoms with E-state index in [1.807, 2.05) is 0 Å². The van der Waals surface area contributed by atoms with Gasteiger partial charge >= 0.3 is 6.18 Å². The summed E-state index contributed by atoms with van der Waals surface area (Å²) in [4.78, 5) is 11.9. The van der Waals surface area contributed by atoms with Crippen molar-refractivity contribution in [1.29, 1.82) is 0 Å². The Balaban J connectivity index is 2.08. The fourth-order valence-corrected chi connectivity index (χ4v) is 3.53. The predicted molar refractivity (Wildman–Crippen MR) is 98.4 cm³/mol. The van der Waals surface area contributed by atoms with Gasteiger partial charge in [-0.15, -0.1) is 0 Å². The maximum atomic E-state index is 14.2. The zero-order valence-electron chi connectivity index (χ0n) is 14.7. The fourth-order valence-electron chi connectivity index (χ4n) is 3.53. The van der Waals surface area contributed by atoms with E-state index in [2.05, 4.69) is 0 Å². The lowest BCUT2D eigenvalue weighted by Crippen LogP contribution is -2.11. The zero-order chi connectivity index (χ0) is 20.9. The quantitative estimate of drug-likeness (QED) is 0.467. The van der Waals surface area contributed by atoms with Crippen molar-refractivity contribution in [2.24, 2.45) is 5.73 Å². The summed E-state index contributed by atoms with van der Waals surface area (Å²) in [5.74, 6) is -2.11. The Kier molecular flexibility index (Phi) is 4.29. The summed E-state index contributed by atoms with van der Waals surface area (Å²) in [5.41, 5.74) is 5.16. The number of hydrogen-bond acceptors (Lipinski definition) is 1. The first-order valence-electron chi connectivity index (χ1n) is 8.52. The summed E-state index contributed by atoms with van der Waals surface area (Å²) in [7, 11) is 0. The maximum absolute atomic E-state index is 14.2. The molecular formula is C21H13F5N2O. The maximum Gasteiger partial charge on any atom is 0.416 e. The number of fused-ring (bicyclic) bond motifs is 3. The molecule has 3 aromatic carbocycles. The summed E-state index contributed by atoms with van der Waals surface area (Å²) < 4.78 is 69.0. The van der Waals surface area contributed by atoms with Crippen LogP contribution in [0.25, 0.3) is 21.8 Å². The Morgan fingerprint density at radius 1 is 0.966 bits per heavy atom. The summed E-state index contributed by atoms with van der Waals surface area (Å²) in [6.07, 6.45) is -4.59. The van der Waals surface area contributed by atoms with Crippen molar-refractivity contribution >= 4 is 27.7 Å². The van der Waals surface area contributed by atoms with Crippen LogP contribution in [0.1, 0.15) is 21.5 Å². The molecule has 0 aliphatic heterocycles. The van der Waals surface area contributed by atoms with Gasteiger partial charge in [0.15, 0.2) is 0 Å². The first kappa shape index (κ1) is 18.9. The Labute approximate surface area is 161 Å². The summed E-state index contributed by atoms with van der Waals surface area (Å²) >= 11 is 0. The Hall–Kier alpha value is -3.42. The highest BCUT2D eigenvalue weighted by Gasteiger charge is 2.31. The van der Waals surface area contributed by atoms with Crippen LogP contribution in [0.4, 0.5) is 22.0 Å². The third-order valence-corrected chi connectivity index (χ3v) is 4.82. The number of alkyl halides is 3. The number of hydrogen-bond donors (Lipinski definition) is 1. The van der Waals surface area contributed by atoms with Gasteiger partial charge in [0, 0.05) is 21.9 Å². The van der Waals surface area contributed by atoms with E-state index in [-0.39, 0.29) is 23.2 Å². The van der Waals surface area contributed by atoms with Gasteiger partial charge in [0.1, 0.15) is 11.6 Å². The van der Waals surface area contributed by atoms with Crippen LogP contribution in [-0.4, -0.2) is 10.5 Å². The molecule has 0 saturated carbocycles. The lowest BCUT2D eigenvalue weighted by Gasteiger charge is -2.11. The highest BCUT2D eigenvalue weighted by Crippen LogP contribution is 2.37. The van der Waals surface area contributed by atoms with Crippen LogP contribution >= 0.6 is 0 Å². The first-order chi connectivity index (χ1) is 13.7. The topological polar surface area (TPSA) is 48.0 Å². The molecule has 0 radical (unpaired) electrons. The minimum absolute atomic E-state index is 0.0364. The molecule has 0 fully saturated rings. The average Bonchev–Trinajstić information content (AvgIpc) is 2.97. The average molecular weight is 404 g/mol. The molecule has 0 atom stereocenters. The fraction of sp³-hybridized carbons (Fsp3) is 0.0952. The minimum Gasteiger partial charge on any atom is -0.366 e. The van der Waals surface area contributed by atoms with Gasteiger partial charge < -0.3 is 10.3 Å². The number of carbonyl (C=O) groups excluding carboxylic acids is 1. The number of nitrogens with two attached hydrogens (primary N) is 1. The van der Waals surface area contributed by atoms with Gasteiger partial charge in [-0.3, -0.25) is 4.79 Å². The van der Waals surface area contributed by atoms with E-state index >= 15 is 0 Å². The van der Waals surface area contributed by atoms with Crippen LogP contribution < -0.4 is 5.73 Å². The Morgan fingerprint density at radius 3 is 2.41 bits per heavy atom. The molecule has 0 bridgehead atoms. The minimum atomic E-state index is -4.59. The number of aromatic nitrogens is 1. The number of nitrogens with zero attached hydrogens (tertiary/aromatic N) is 1. The van der Waals surface area contributed by atoms with Gasteiger partial charge in [-0.05, 0) is 42.5 Å². The molecule has 148 valence electrons. The number of primary amides is 1. The van der Waals surface area contributed by atoms with Crippen molar-refractivity contribution < 1.29 is 26.7 Å². The van der Waals surface area contributed by atoms with Crippen molar-refractivity contribution in [3.05, 3.63) is 82.9 Å². The van der Waals surface area contributed by atoms with E-state index in [4.69, 9.17) is 5.73 Å². The largest absolute Gasteiger partial charge is 0.416 e. The number of halogens is 5.